The first kappa shape index (κ1) is 31.0. The molecule has 0 aromatic rings. The smallest absolute Gasteiger partial charge is 0.330 e. The summed E-state index contributed by atoms with van der Waals surface area (Å²) in [5.41, 5.74) is 9.40. The lowest BCUT2D eigenvalue weighted by Crippen LogP contribution is -2.48. The fraction of sp³-hybridized carbons (Fsp3) is 0.583. The first-order valence-corrected chi connectivity index (χ1v) is 10.8. The van der Waals surface area contributed by atoms with Crippen molar-refractivity contribution in [3.05, 3.63) is 38.0 Å². The average Bonchev–Trinajstić information content (AvgIpc) is 2.81. The van der Waals surface area contributed by atoms with Crippen LogP contribution in [0.4, 0.5) is 0 Å². The van der Waals surface area contributed by atoms with Gasteiger partial charge < -0.3 is 30.4 Å². The number of nitrogens with two attached hydrogens (primary N) is 2. The van der Waals surface area contributed by atoms with E-state index in [9.17, 15) is 19.2 Å². The Balaban J connectivity index is 5.66. The number of esters is 4. The quantitative estimate of drug-likeness (QED) is 0.177. The van der Waals surface area contributed by atoms with Gasteiger partial charge in [-0.3, -0.25) is 4.79 Å². The van der Waals surface area contributed by atoms with E-state index < -0.39 is 40.2 Å². The fourth-order valence-corrected chi connectivity index (χ4v) is 3.09. The highest BCUT2D eigenvalue weighted by Gasteiger charge is 2.39. The van der Waals surface area contributed by atoms with Gasteiger partial charge >= 0.3 is 23.9 Å². The lowest BCUT2D eigenvalue weighted by atomic mass is 9.74. The van der Waals surface area contributed by atoms with Crippen molar-refractivity contribution in [2.45, 2.75) is 45.6 Å². The number of carbonyl (C=O) groups excluding carboxylic acids is 4. The molecule has 10 nitrogen and oxygen atoms in total. The standard InChI is InChI=1S/C24H38N2O8/c1-7-18(27)31-14-24(15-32-19(28)8-2,16-33-20(29)9-3)17-34-21(30)11-22(5,10-4)12-23(6,26)13-25/h7-9H,1-3,10-17,25-26H2,4-6H3. The van der Waals surface area contributed by atoms with Crippen molar-refractivity contribution in [2.24, 2.45) is 22.3 Å². The van der Waals surface area contributed by atoms with E-state index in [0.29, 0.717) is 12.8 Å². The third-order valence-electron chi connectivity index (χ3n) is 5.32. The average molecular weight is 483 g/mol. The number of rotatable bonds is 17. The first-order valence-electron chi connectivity index (χ1n) is 10.8. The Bertz CT molecular complexity index is 702. The second-order valence-corrected chi connectivity index (χ2v) is 8.97. The summed E-state index contributed by atoms with van der Waals surface area (Å²) >= 11 is 0. The SMILES string of the molecule is C=CC(=O)OCC(COC(=O)C=C)(COC(=O)C=C)COC(=O)CC(C)(CC)CC(C)(N)CN. The zero-order chi connectivity index (χ0) is 26.4. The molecule has 0 fully saturated rings. The maximum absolute atomic E-state index is 12.8. The molecule has 0 aliphatic rings. The molecule has 0 saturated carbocycles. The van der Waals surface area contributed by atoms with Crippen molar-refractivity contribution in [3.8, 4) is 0 Å². The highest BCUT2D eigenvalue weighted by Crippen LogP contribution is 2.35. The van der Waals surface area contributed by atoms with E-state index in [2.05, 4.69) is 19.7 Å². The molecular weight excluding hydrogens is 444 g/mol. The molecule has 4 N–H and O–H groups in total. The van der Waals surface area contributed by atoms with Crippen LogP contribution in [-0.2, 0) is 38.1 Å². The third-order valence-corrected chi connectivity index (χ3v) is 5.32. The summed E-state index contributed by atoms with van der Waals surface area (Å²) in [7, 11) is 0. The molecule has 0 rings (SSSR count). The lowest BCUT2D eigenvalue weighted by molar-refractivity contribution is -0.167. The van der Waals surface area contributed by atoms with Gasteiger partial charge in [-0.1, -0.05) is 40.0 Å². The zero-order valence-electron chi connectivity index (χ0n) is 20.4. The molecule has 0 aromatic carbocycles. The molecule has 0 radical (unpaired) electrons. The molecule has 192 valence electrons. The third kappa shape index (κ3) is 11.8. The van der Waals surface area contributed by atoms with Crippen LogP contribution in [0.5, 0.6) is 0 Å². The predicted molar refractivity (Wildman–Crippen MR) is 126 cm³/mol. The van der Waals surface area contributed by atoms with Gasteiger partial charge in [-0.05, 0) is 18.8 Å². The Labute approximate surface area is 201 Å². The summed E-state index contributed by atoms with van der Waals surface area (Å²) in [5.74, 6) is -2.84. The van der Waals surface area contributed by atoms with E-state index in [1.807, 2.05) is 20.8 Å². The molecule has 0 amide bonds. The van der Waals surface area contributed by atoms with Gasteiger partial charge in [0, 0.05) is 30.3 Å². The van der Waals surface area contributed by atoms with Gasteiger partial charge in [0.2, 0.25) is 0 Å². The summed E-state index contributed by atoms with van der Waals surface area (Å²) in [6.45, 7) is 14.3. The number of hydrogen-bond acceptors (Lipinski definition) is 10. The fourth-order valence-electron chi connectivity index (χ4n) is 3.09. The number of carbonyl (C=O) groups is 4. The number of ether oxygens (including phenoxy) is 4. The van der Waals surface area contributed by atoms with Crippen molar-refractivity contribution in [1.29, 1.82) is 0 Å². The van der Waals surface area contributed by atoms with Crippen LogP contribution >= 0.6 is 0 Å². The van der Waals surface area contributed by atoms with Gasteiger partial charge in [-0.2, -0.15) is 0 Å². The molecular formula is C24H38N2O8. The second kappa shape index (κ2) is 14.3. The van der Waals surface area contributed by atoms with E-state index in [1.165, 1.54) is 0 Å². The zero-order valence-corrected chi connectivity index (χ0v) is 20.4. The Morgan fingerprint density at radius 3 is 1.50 bits per heavy atom. The normalized spacial score (nSPS) is 14.5. The second-order valence-electron chi connectivity index (χ2n) is 8.97. The van der Waals surface area contributed by atoms with Crippen LogP contribution in [0.15, 0.2) is 38.0 Å². The first-order chi connectivity index (χ1) is 15.8. The molecule has 34 heavy (non-hydrogen) atoms. The molecule has 0 saturated heterocycles. The summed E-state index contributed by atoms with van der Waals surface area (Å²) in [4.78, 5) is 47.7. The predicted octanol–water partition coefficient (Wildman–Crippen LogP) is 1.58. The highest BCUT2D eigenvalue weighted by atomic mass is 16.6. The van der Waals surface area contributed by atoms with Crippen molar-refractivity contribution in [1.82, 2.24) is 0 Å². The van der Waals surface area contributed by atoms with Crippen molar-refractivity contribution >= 4 is 23.9 Å². The Kier molecular flexibility index (Phi) is 13.1. The van der Waals surface area contributed by atoms with E-state index in [1.54, 1.807) is 0 Å². The minimum atomic E-state index is -1.38. The van der Waals surface area contributed by atoms with Gasteiger partial charge in [0.15, 0.2) is 0 Å². The van der Waals surface area contributed by atoms with Gasteiger partial charge in [0.1, 0.15) is 31.8 Å². The van der Waals surface area contributed by atoms with Crippen LogP contribution in [0.2, 0.25) is 0 Å². The van der Waals surface area contributed by atoms with E-state index in [-0.39, 0.29) is 39.4 Å². The Morgan fingerprint density at radius 2 is 1.18 bits per heavy atom. The van der Waals surface area contributed by atoms with Crippen LogP contribution < -0.4 is 11.5 Å². The van der Waals surface area contributed by atoms with Gasteiger partial charge in [-0.25, -0.2) is 14.4 Å². The van der Waals surface area contributed by atoms with E-state index in [4.69, 9.17) is 30.4 Å². The maximum Gasteiger partial charge on any atom is 0.330 e. The van der Waals surface area contributed by atoms with Crippen LogP contribution in [0.1, 0.15) is 40.0 Å². The molecule has 0 spiro atoms. The minimum absolute atomic E-state index is 0.0394. The topological polar surface area (TPSA) is 157 Å². The molecule has 0 aromatic heterocycles. The van der Waals surface area contributed by atoms with Gasteiger partial charge in [0.05, 0.1) is 6.42 Å². The van der Waals surface area contributed by atoms with Crippen molar-refractivity contribution in [2.75, 3.05) is 33.0 Å². The highest BCUT2D eigenvalue weighted by molar-refractivity contribution is 5.82. The molecule has 0 heterocycles. The van der Waals surface area contributed by atoms with Gasteiger partial charge in [-0.15, -0.1) is 0 Å². The lowest BCUT2D eigenvalue weighted by Gasteiger charge is -2.36. The van der Waals surface area contributed by atoms with Crippen LogP contribution in [-0.4, -0.2) is 62.4 Å². The largest absolute Gasteiger partial charge is 0.465 e. The van der Waals surface area contributed by atoms with Crippen LogP contribution in [0.25, 0.3) is 0 Å². The minimum Gasteiger partial charge on any atom is -0.465 e. The molecule has 2 unspecified atom stereocenters. The molecule has 10 heteroatoms. The van der Waals surface area contributed by atoms with Crippen LogP contribution in [0.3, 0.4) is 0 Å². The van der Waals surface area contributed by atoms with Crippen LogP contribution in [0, 0.1) is 10.8 Å². The summed E-state index contributed by atoms with van der Waals surface area (Å²) in [6.07, 6.45) is 3.99. The Morgan fingerprint density at radius 1 is 0.794 bits per heavy atom. The summed E-state index contributed by atoms with van der Waals surface area (Å²) < 4.78 is 20.8. The monoisotopic (exact) mass is 482 g/mol. The Hall–Kier alpha value is -2.98. The van der Waals surface area contributed by atoms with Crippen molar-refractivity contribution < 1.29 is 38.1 Å². The maximum atomic E-state index is 12.8. The molecule has 0 aliphatic carbocycles. The molecule has 2 atom stereocenters. The van der Waals surface area contributed by atoms with E-state index >= 15 is 0 Å². The number of hydrogen-bond donors (Lipinski definition) is 2. The van der Waals surface area contributed by atoms with Gasteiger partial charge in [0.25, 0.3) is 0 Å². The van der Waals surface area contributed by atoms with Crippen molar-refractivity contribution in [3.63, 3.8) is 0 Å². The summed E-state index contributed by atoms with van der Waals surface area (Å²) in [5, 5.41) is 0. The molecule has 0 bridgehead atoms. The molecule has 0 aliphatic heterocycles. The van der Waals surface area contributed by atoms with E-state index in [0.717, 1.165) is 18.2 Å². The summed E-state index contributed by atoms with van der Waals surface area (Å²) in [6, 6.07) is 0.